The molecule has 1 aliphatic rings. The highest BCUT2D eigenvalue weighted by atomic mass is 16.4. The highest BCUT2D eigenvalue weighted by Crippen LogP contribution is 2.26. The number of nitrogens with one attached hydrogen (secondary N) is 3. The fourth-order valence-electron chi connectivity index (χ4n) is 3.80. The van der Waals surface area contributed by atoms with Gasteiger partial charge in [0.25, 0.3) is 11.5 Å². The lowest BCUT2D eigenvalue weighted by Gasteiger charge is -2.34. The van der Waals surface area contributed by atoms with Crippen molar-refractivity contribution in [3.05, 3.63) is 46.0 Å². The van der Waals surface area contributed by atoms with E-state index in [2.05, 4.69) is 35.6 Å². The molecule has 7 N–H and O–H groups in total. The van der Waals surface area contributed by atoms with E-state index in [0.29, 0.717) is 11.5 Å². The standard InChI is InChI=1S/C24H30N8O6/c1-4-12(2)24(3)9-13(20(35)29-15(22(37)38)6-8-17(33)34)5-7-16(32-24)26-10-14-11-27-19-18(28-14)21(36)31-23(25)30-19/h5,7,9,11-12,15H,4,6,8,10H2,1-3H3,(H,26,32)(H,29,35)(H,33,34)(H,37,38)(H3,25,27,30,31,36)/t12-,15?,24?/m0/s1. The molecule has 3 rings (SSSR count). The summed E-state index contributed by atoms with van der Waals surface area (Å²) in [5, 5.41) is 24.0. The Morgan fingerprint density at radius 1 is 1.24 bits per heavy atom. The minimum atomic E-state index is -1.36. The highest BCUT2D eigenvalue weighted by molar-refractivity contribution is 6.02. The fraction of sp³-hybridized carbons (Fsp3) is 0.417. The number of aliphatic imine (C=N–C) groups is 1. The van der Waals surface area contributed by atoms with E-state index in [1.807, 2.05) is 20.8 Å². The quantitative estimate of drug-likeness (QED) is 0.250. The van der Waals surface area contributed by atoms with Crippen LogP contribution in [0.4, 0.5) is 5.95 Å². The Hall–Kier alpha value is -4.62. The third-order valence-electron chi connectivity index (χ3n) is 6.32. The summed E-state index contributed by atoms with van der Waals surface area (Å²) in [5.74, 6) is -2.73. The summed E-state index contributed by atoms with van der Waals surface area (Å²) in [6.07, 6.45) is 6.34. The van der Waals surface area contributed by atoms with Gasteiger partial charge in [0.1, 0.15) is 11.9 Å². The Morgan fingerprint density at radius 3 is 2.63 bits per heavy atom. The van der Waals surface area contributed by atoms with Gasteiger partial charge in [0, 0.05) is 12.0 Å². The van der Waals surface area contributed by atoms with Gasteiger partial charge in [-0.15, -0.1) is 0 Å². The lowest BCUT2D eigenvalue weighted by atomic mass is 9.83. The molecule has 0 saturated carbocycles. The van der Waals surface area contributed by atoms with E-state index >= 15 is 0 Å². The fourth-order valence-corrected chi connectivity index (χ4v) is 3.80. The maximum absolute atomic E-state index is 13.0. The van der Waals surface area contributed by atoms with E-state index in [1.54, 1.807) is 12.2 Å². The minimum absolute atomic E-state index is 0.0298. The Balaban J connectivity index is 1.87. The van der Waals surface area contributed by atoms with Gasteiger partial charge in [0.05, 0.1) is 24.0 Å². The third-order valence-corrected chi connectivity index (χ3v) is 6.32. The number of nitrogen functional groups attached to an aromatic ring is 1. The zero-order chi connectivity index (χ0) is 28.0. The van der Waals surface area contributed by atoms with E-state index in [-0.39, 0.29) is 41.6 Å². The molecular formula is C24H30N8O6. The summed E-state index contributed by atoms with van der Waals surface area (Å²) in [4.78, 5) is 66.8. The molecule has 14 nitrogen and oxygen atoms in total. The molecule has 2 unspecified atom stereocenters. The first-order chi connectivity index (χ1) is 17.9. The number of carbonyl (C=O) groups excluding carboxylic acids is 1. The van der Waals surface area contributed by atoms with Crippen LogP contribution < -0.4 is 21.9 Å². The van der Waals surface area contributed by atoms with Gasteiger partial charge in [-0.3, -0.25) is 24.4 Å². The van der Waals surface area contributed by atoms with Crippen molar-refractivity contribution < 1.29 is 24.6 Å². The molecule has 3 atom stereocenters. The maximum Gasteiger partial charge on any atom is 0.326 e. The SMILES string of the molecule is CC[C@H](C)C1(C)C=C(C(=O)NC(CCC(=O)O)C(=O)O)C=CC(=NCc2cnc3nc(N)[nH]c(=O)c3n2)N1. The minimum Gasteiger partial charge on any atom is -0.481 e. The van der Waals surface area contributed by atoms with E-state index in [1.165, 1.54) is 12.3 Å². The molecule has 1 amide bonds. The largest absolute Gasteiger partial charge is 0.481 e. The number of amidine groups is 1. The molecule has 38 heavy (non-hydrogen) atoms. The van der Waals surface area contributed by atoms with Crippen molar-refractivity contribution in [1.82, 2.24) is 30.6 Å². The first-order valence-corrected chi connectivity index (χ1v) is 11.9. The second-order valence-electron chi connectivity index (χ2n) is 9.13. The summed E-state index contributed by atoms with van der Waals surface area (Å²) in [7, 11) is 0. The summed E-state index contributed by atoms with van der Waals surface area (Å²) in [5.41, 5.74) is 5.03. The molecule has 2 aromatic rings. The lowest BCUT2D eigenvalue weighted by Crippen LogP contribution is -2.49. The number of aromatic nitrogens is 4. The maximum atomic E-state index is 13.0. The number of carbonyl (C=O) groups is 3. The molecule has 0 radical (unpaired) electrons. The van der Waals surface area contributed by atoms with Crippen molar-refractivity contribution in [3.8, 4) is 0 Å². The van der Waals surface area contributed by atoms with Crippen LogP contribution in [0.1, 0.15) is 45.7 Å². The number of carboxylic acids is 2. The summed E-state index contributed by atoms with van der Waals surface area (Å²) < 4.78 is 0. The van der Waals surface area contributed by atoms with Crippen LogP contribution in [0.2, 0.25) is 0 Å². The van der Waals surface area contributed by atoms with Crippen molar-refractivity contribution >= 4 is 40.8 Å². The lowest BCUT2D eigenvalue weighted by molar-refractivity contribution is -0.142. The number of nitrogens with zero attached hydrogens (tertiary/aromatic N) is 4. The number of hydrogen-bond acceptors (Lipinski definition) is 9. The predicted octanol–water partition coefficient (Wildman–Crippen LogP) is 0.519. The van der Waals surface area contributed by atoms with Gasteiger partial charge in [0.2, 0.25) is 5.95 Å². The van der Waals surface area contributed by atoms with E-state index in [0.717, 1.165) is 6.42 Å². The van der Waals surface area contributed by atoms with Crippen LogP contribution in [0.5, 0.6) is 0 Å². The second-order valence-corrected chi connectivity index (χ2v) is 9.13. The highest BCUT2D eigenvalue weighted by Gasteiger charge is 2.32. The Kier molecular flexibility index (Phi) is 8.55. The van der Waals surface area contributed by atoms with Crippen LogP contribution in [0, 0.1) is 5.92 Å². The van der Waals surface area contributed by atoms with Gasteiger partial charge in [-0.25, -0.2) is 14.8 Å². The Morgan fingerprint density at radius 2 is 1.97 bits per heavy atom. The smallest absolute Gasteiger partial charge is 0.326 e. The molecule has 1 aliphatic heterocycles. The number of amides is 1. The first kappa shape index (κ1) is 28.0. The molecule has 0 spiro atoms. The molecule has 202 valence electrons. The number of anilines is 1. The number of aliphatic carboxylic acids is 2. The zero-order valence-corrected chi connectivity index (χ0v) is 21.2. The molecule has 14 heteroatoms. The zero-order valence-electron chi connectivity index (χ0n) is 21.2. The average molecular weight is 527 g/mol. The number of nitrogens with two attached hydrogens (primary N) is 1. The number of H-pyrrole nitrogens is 1. The summed E-state index contributed by atoms with van der Waals surface area (Å²) in [6, 6.07) is -1.36. The van der Waals surface area contributed by atoms with Crippen LogP contribution in [-0.2, 0) is 20.9 Å². The molecule has 2 aromatic heterocycles. The van der Waals surface area contributed by atoms with E-state index < -0.39 is 41.4 Å². The van der Waals surface area contributed by atoms with Gasteiger partial charge in [-0.2, -0.15) is 4.98 Å². The Labute approximate surface area is 217 Å². The van der Waals surface area contributed by atoms with Crippen LogP contribution >= 0.6 is 0 Å². The number of rotatable bonds is 10. The van der Waals surface area contributed by atoms with Crippen LogP contribution in [-0.4, -0.2) is 65.4 Å². The van der Waals surface area contributed by atoms with Gasteiger partial charge in [-0.05, 0) is 37.5 Å². The van der Waals surface area contributed by atoms with Crippen LogP contribution in [0.15, 0.2) is 39.8 Å². The van der Waals surface area contributed by atoms with Gasteiger partial charge >= 0.3 is 11.9 Å². The Bertz CT molecular complexity index is 1400. The summed E-state index contributed by atoms with van der Waals surface area (Å²) >= 11 is 0. The van der Waals surface area contributed by atoms with Gasteiger partial charge < -0.3 is 26.6 Å². The first-order valence-electron chi connectivity index (χ1n) is 11.9. The normalized spacial score (nSPS) is 19.8. The van der Waals surface area contributed by atoms with Crippen LogP contribution in [0.25, 0.3) is 11.2 Å². The second kappa shape index (κ2) is 11.6. The molecule has 0 bridgehead atoms. The van der Waals surface area contributed by atoms with Crippen molar-refractivity contribution in [2.75, 3.05) is 5.73 Å². The topological polar surface area (TPSA) is 226 Å². The van der Waals surface area contributed by atoms with Crippen LogP contribution in [0.3, 0.4) is 0 Å². The number of hydrogen-bond donors (Lipinski definition) is 6. The third kappa shape index (κ3) is 6.78. The average Bonchev–Trinajstić information content (AvgIpc) is 3.03. The predicted molar refractivity (Wildman–Crippen MR) is 138 cm³/mol. The van der Waals surface area contributed by atoms with Crippen molar-refractivity contribution in [2.24, 2.45) is 10.9 Å². The molecular weight excluding hydrogens is 496 g/mol. The monoisotopic (exact) mass is 526 g/mol. The molecule has 0 aromatic carbocycles. The van der Waals surface area contributed by atoms with Crippen molar-refractivity contribution in [1.29, 1.82) is 0 Å². The molecule has 3 heterocycles. The molecule has 0 aliphatic carbocycles. The number of aromatic amines is 1. The van der Waals surface area contributed by atoms with Crippen molar-refractivity contribution in [3.63, 3.8) is 0 Å². The number of fused-ring (bicyclic) bond motifs is 1. The molecule has 0 fully saturated rings. The molecule has 0 saturated heterocycles. The van der Waals surface area contributed by atoms with Gasteiger partial charge in [-0.1, -0.05) is 20.3 Å². The van der Waals surface area contributed by atoms with Gasteiger partial charge in [0.15, 0.2) is 11.2 Å². The van der Waals surface area contributed by atoms with Crippen molar-refractivity contribution in [2.45, 2.75) is 58.2 Å². The summed E-state index contributed by atoms with van der Waals surface area (Å²) in [6.45, 7) is 5.94. The van der Waals surface area contributed by atoms with E-state index in [4.69, 9.17) is 10.8 Å². The van der Waals surface area contributed by atoms with E-state index in [9.17, 15) is 24.3 Å². The number of carboxylic acid groups (broad SMARTS) is 2.